The molecule has 6 aromatic rings. The maximum atomic E-state index is 12.6. The molecule has 0 unspecified atom stereocenters. The zero-order valence-electron chi connectivity index (χ0n) is 31.2. The number of nitrogens with zero attached hydrogens (tertiary/aromatic N) is 4. The minimum absolute atomic E-state index is 0.00476. The maximum absolute atomic E-state index is 12.6. The zero-order chi connectivity index (χ0) is 43.1. The molecule has 0 aliphatic carbocycles. The smallest absolute Gasteiger partial charge is 0.374 e. The molecule has 0 spiro atoms. The van der Waals surface area contributed by atoms with Gasteiger partial charge in [-0.3, -0.25) is 9.80 Å². The van der Waals surface area contributed by atoms with Crippen molar-refractivity contribution in [2.45, 2.75) is 6.92 Å². The van der Waals surface area contributed by atoms with Crippen molar-refractivity contribution in [2.75, 3.05) is 65.5 Å². The van der Waals surface area contributed by atoms with Crippen LogP contribution in [0.25, 0.3) is 0 Å². The van der Waals surface area contributed by atoms with Gasteiger partial charge in [-0.25, -0.2) is 28.8 Å². The predicted molar refractivity (Wildman–Crippen MR) is 201 cm³/mol. The Labute approximate surface area is 336 Å². The Morgan fingerprint density at radius 3 is 0.933 bits per heavy atom. The van der Waals surface area contributed by atoms with Crippen molar-refractivity contribution in [1.82, 2.24) is 0 Å². The van der Waals surface area contributed by atoms with E-state index in [1.54, 1.807) is 16.7 Å². The molecule has 0 atom stereocenters. The van der Waals surface area contributed by atoms with Crippen LogP contribution in [0, 0.1) is 0 Å². The summed E-state index contributed by atoms with van der Waals surface area (Å²) < 4.78 is 38.7. The van der Waals surface area contributed by atoms with E-state index in [0.717, 1.165) is 0 Å². The normalized spacial score (nSPS) is 10.9. The number of esters is 1. The summed E-state index contributed by atoms with van der Waals surface area (Å²) in [7, 11) is 0. The van der Waals surface area contributed by atoms with Gasteiger partial charge < -0.3 is 66.6 Å². The van der Waals surface area contributed by atoms with Crippen molar-refractivity contribution in [1.29, 1.82) is 0 Å². The second kappa shape index (κ2) is 17.9. The molecule has 22 nitrogen and oxygen atoms in total. The first-order chi connectivity index (χ1) is 28.7. The lowest BCUT2D eigenvalue weighted by atomic mass is 10.3. The highest BCUT2D eigenvalue weighted by molar-refractivity contribution is 5.88. The largest absolute Gasteiger partial charge is 0.475 e. The summed E-state index contributed by atoms with van der Waals surface area (Å²) in [5.41, 5.74) is 0. The van der Waals surface area contributed by atoms with Crippen LogP contribution in [0.15, 0.2) is 99.3 Å². The van der Waals surface area contributed by atoms with Gasteiger partial charge in [0.1, 0.15) is 0 Å². The first-order valence-electron chi connectivity index (χ1n) is 17.7. The van der Waals surface area contributed by atoms with Gasteiger partial charge in [0.05, 0.1) is 6.61 Å². The predicted octanol–water partition coefficient (Wildman–Crippen LogP) is 5.90. The summed E-state index contributed by atoms with van der Waals surface area (Å²) >= 11 is 0. The van der Waals surface area contributed by atoms with Crippen LogP contribution in [-0.4, -0.2) is 107 Å². The van der Waals surface area contributed by atoms with Crippen molar-refractivity contribution in [2.24, 2.45) is 0 Å². The quantitative estimate of drug-likeness (QED) is 0.0497. The molecule has 0 fully saturated rings. The standard InChI is InChI=1S/C38H34N4O18/c1-2-54-38(53)26-8-10-28(60-26)40(18-20-42(31-13-6-24(58-31)36(49)50)32-14-7-25(59-32)37(51)52)16-15-39(27-9-3-21(55-27)33(43)44)17-19-41(29-11-4-22(56-29)34(45)46)30-12-5-23(57-30)35(47)48/h3-14H,2,15-20H2,1H3,(H,43,44)(H,45,46)(H,47,48)(H,49,50)(H,51,52). The number of hydrogen-bond acceptors (Lipinski definition) is 17. The van der Waals surface area contributed by atoms with Gasteiger partial charge in [0.15, 0.2) is 11.8 Å². The summed E-state index contributed by atoms with van der Waals surface area (Å²) in [5, 5.41) is 47.6. The van der Waals surface area contributed by atoms with Gasteiger partial charge in [-0.15, -0.1) is 0 Å². The topological polar surface area (TPSA) is 305 Å². The van der Waals surface area contributed by atoms with Crippen LogP contribution < -0.4 is 19.6 Å². The van der Waals surface area contributed by atoms with Crippen molar-refractivity contribution >= 4 is 71.1 Å². The minimum Gasteiger partial charge on any atom is -0.475 e. The van der Waals surface area contributed by atoms with E-state index in [0.29, 0.717) is 0 Å². The Morgan fingerprint density at radius 2 is 0.650 bits per heavy atom. The summed E-state index contributed by atoms with van der Waals surface area (Å²) in [4.78, 5) is 77.0. The highest BCUT2D eigenvalue weighted by Crippen LogP contribution is 2.32. The molecule has 6 rings (SSSR count). The van der Waals surface area contributed by atoms with Gasteiger partial charge >= 0.3 is 35.8 Å². The van der Waals surface area contributed by atoms with E-state index in [4.69, 9.17) is 31.2 Å². The number of hydrogen-bond donors (Lipinski definition) is 5. The van der Waals surface area contributed by atoms with E-state index >= 15 is 0 Å². The first-order valence-corrected chi connectivity index (χ1v) is 17.7. The number of carbonyl (C=O) groups excluding carboxylic acids is 1. The number of anilines is 6. The molecule has 6 aromatic heterocycles. The summed E-state index contributed by atoms with van der Waals surface area (Å²) in [6.45, 7) is 1.54. The Bertz CT molecular complexity index is 2390. The molecule has 0 radical (unpaired) electrons. The van der Waals surface area contributed by atoms with Crippen LogP contribution in [0.2, 0.25) is 0 Å². The molecule has 6 heterocycles. The number of aromatic carboxylic acids is 5. The summed E-state index contributed by atoms with van der Waals surface area (Å²) in [6.07, 6.45) is 0. The fraction of sp³-hybridized carbons (Fsp3) is 0.211. The van der Waals surface area contributed by atoms with E-state index in [1.807, 2.05) is 0 Å². The lowest BCUT2D eigenvalue weighted by Crippen LogP contribution is -2.41. The molecule has 22 heteroatoms. The van der Waals surface area contributed by atoms with Gasteiger partial charge in [-0.1, -0.05) is 0 Å². The number of rotatable bonds is 22. The van der Waals surface area contributed by atoms with Gasteiger partial charge in [0.25, 0.3) is 0 Å². The highest BCUT2D eigenvalue weighted by Gasteiger charge is 2.27. The molecule has 0 saturated heterocycles. The van der Waals surface area contributed by atoms with E-state index < -0.39 is 64.6 Å². The van der Waals surface area contributed by atoms with E-state index in [-0.39, 0.29) is 86.9 Å². The Balaban J connectivity index is 1.32. The van der Waals surface area contributed by atoms with Crippen molar-refractivity contribution in [3.05, 3.63) is 107 Å². The van der Waals surface area contributed by atoms with Gasteiger partial charge in [0.2, 0.25) is 58.1 Å². The van der Waals surface area contributed by atoms with E-state index in [9.17, 15) is 54.3 Å². The third-order valence-corrected chi connectivity index (χ3v) is 8.60. The molecule has 0 aromatic carbocycles. The zero-order valence-corrected chi connectivity index (χ0v) is 31.2. The second-order valence-electron chi connectivity index (χ2n) is 12.4. The van der Waals surface area contributed by atoms with E-state index in [1.165, 1.54) is 82.6 Å². The minimum atomic E-state index is -1.36. The molecule has 0 amide bonds. The van der Waals surface area contributed by atoms with Crippen LogP contribution in [-0.2, 0) is 4.74 Å². The highest BCUT2D eigenvalue weighted by atomic mass is 16.5. The van der Waals surface area contributed by atoms with Gasteiger partial charge in [-0.2, -0.15) is 0 Å². The molecule has 60 heavy (non-hydrogen) atoms. The molecular formula is C38H34N4O18. The van der Waals surface area contributed by atoms with Crippen LogP contribution in [0.3, 0.4) is 0 Å². The fourth-order valence-electron chi connectivity index (χ4n) is 5.78. The molecule has 0 saturated carbocycles. The third kappa shape index (κ3) is 9.45. The Morgan fingerprint density at radius 1 is 0.400 bits per heavy atom. The maximum Gasteiger partial charge on any atom is 0.374 e. The first kappa shape index (κ1) is 41.3. The van der Waals surface area contributed by atoms with Crippen LogP contribution in [0.1, 0.15) is 70.3 Å². The van der Waals surface area contributed by atoms with Gasteiger partial charge in [0, 0.05) is 75.7 Å². The Hall–Kier alpha value is -8.30. The number of carboxylic acids is 5. The molecular weight excluding hydrogens is 800 g/mol. The second-order valence-corrected chi connectivity index (χ2v) is 12.4. The van der Waals surface area contributed by atoms with Crippen LogP contribution in [0.4, 0.5) is 35.3 Å². The average molecular weight is 835 g/mol. The molecule has 0 bridgehead atoms. The average Bonchev–Trinajstić information content (AvgIpc) is 4.06. The van der Waals surface area contributed by atoms with E-state index in [2.05, 4.69) is 0 Å². The molecule has 0 aliphatic rings. The number of ether oxygens (including phenoxy) is 1. The summed E-state index contributed by atoms with van der Waals surface area (Å²) in [6, 6.07) is 15.7. The molecule has 0 aliphatic heterocycles. The number of carbonyl (C=O) groups is 6. The lowest BCUT2D eigenvalue weighted by Gasteiger charge is -2.30. The molecule has 5 N–H and O–H groups in total. The van der Waals surface area contributed by atoms with Crippen molar-refractivity contribution in [3.63, 3.8) is 0 Å². The Kier molecular flexibility index (Phi) is 12.3. The fourth-order valence-corrected chi connectivity index (χ4v) is 5.78. The van der Waals surface area contributed by atoms with Gasteiger partial charge in [-0.05, 0) is 43.3 Å². The third-order valence-electron chi connectivity index (χ3n) is 8.60. The lowest BCUT2D eigenvalue weighted by molar-refractivity contribution is 0.0488. The van der Waals surface area contributed by atoms with Crippen LogP contribution >= 0.6 is 0 Å². The SMILES string of the molecule is CCOC(=O)c1ccc(N(CCN(CCN(c2ccc(C(=O)O)o2)c2ccc(C(=O)O)o2)c2ccc(C(=O)O)o2)CCN(c2ccc(C(=O)O)o2)c2ccc(C(=O)O)o2)o1. The molecule has 314 valence electrons. The van der Waals surface area contributed by atoms with Crippen molar-refractivity contribution in [3.8, 4) is 0 Å². The summed E-state index contributed by atoms with van der Waals surface area (Å²) in [5.74, 6) is -9.58. The number of furan rings is 6. The number of carboxylic acid groups (broad SMARTS) is 5. The monoisotopic (exact) mass is 834 g/mol. The van der Waals surface area contributed by atoms with Crippen LogP contribution in [0.5, 0.6) is 0 Å². The van der Waals surface area contributed by atoms with Crippen molar-refractivity contribution < 1.29 is 85.5 Å².